The molecule has 1 aromatic carbocycles. The van der Waals surface area contributed by atoms with E-state index in [9.17, 15) is 4.79 Å². The van der Waals surface area contributed by atoms with Gasteiger partial charge < -0.3 is 14.6 Å². The average molecular weight is 350 g/mol. The Labute approximate surface area is 149 Å². The molecule has 0 fully saturated rings. The van der Waals surface area contributed by atoms with Crippen LogP contribution in [-0.2, 0) is 16.6 Å². The Bertz CT molecular complexity index is 1110. The predicted octanol–water partition coefficient (Wildman–Crippen LogP) is 2.25. The number of esters is 1. The molecule has 0 spiro atoms. The van der Waals surface area contributed by atoms with Crippen molar-refractivity contribution in [3.05, 3.63) is 54.1 Å². The molecule has 1 atom stereocenters. The fourth-order valence-corrected chi connectivity index (χ4v) is 3.14. The molecule has 4 rings (SSSR count). The Balaban J connectivity index is 1.83. The van der Waals surface area contributed by atoms with Crippen molar-refractivity contribution in [1.82, 2.24) is 24.1 Å². The fraction of sp³-hybridized carbons (Fsp3) is 0.222. The topological polar surface area (TPSA) is 86.3 Å². The number of rotatable bonds is 4. The number of aromatic nitrogens is 5. The first-order valence-electron chi connectivity index (χ1n) is 8.14. The zero-order valence-corrected chi connectivity index (χ0v) is 14.7. The minimum absolute atomic E-state index is 0.390. The van der Waals surface area contributed by atoms with Gasteiger partial charge in [-0.05, 0) is 24.4 Å². The summed E-state index contributed by atoms with van der Waals surface area (Å²) in [6.07, 6.45) is 1.43. The van der Waals surface area contributed by atoms with Crippen molar-refractivity contribution in [2.75, 3.05) is 12.4 Å². The molecule has 1 unspecified atom stereocenters. The molecule has 0 bridgehead atoms. The highest BCUT2D eigenvalue weighted by Gasteiger charge is 2.26. The van der Waals surface area contributed by atoms with Crippen LogP contribution >= 0.6 is 0 Å². The summed E-state index contributed by atoms with van der Waals surface area (Å²) in [6.45, 7) is 1.86. The Kier molecular flexibility index (Phi) is 3.80. The molecule has 3 aromatic heterocycles. The SMILES string of the molecule is COC(=O)C(Nc1cc(C)nc2ncnn12)c1cc2ccccc2n1C. The third-order valence-electron chi connectivity index (χ3n) is 4.39. The molecule has 26 heavy (non-hydrogen) atoms. The number of para-hydroxylation sites is 1. The summed E-state index contributed by atoms with van der Waals surface area (Å²) in [7, 11) is 3.31. The van der Waals surface area contributed by atoms with E-state index >= 15 is 0 Å². The van der Waals surface area contributed by atoms with Gasteiger partial charge in [-0.3, -0.25) is 0 Å². The van der Waals surface area contributed by atoms with Crippen LogP contribution in [0.5, 0.6) is 0 Å². The summed E-state index contributed by atoms with van der Waals surface area (Å²) < 4.78 is 8.58. The monoisotopic (exact) mass is 350 g/mol. The number of nitrogens with zero attached hydrogens (tertiary/aromatic N) is 5. The van der Waals surface area contributed by atoms with Crippen LogP contribution in [0, 0.1) is 6.92 Å². The van der Waals surface area contributed by atoms with Gasteiger partial charge in [0.1, 0.15) is 12.1 Å². The third-order valence-corrected chi connectivity index (χ3v) is 4.39. The second-order valence-corrected chi connectivity index (χ2v) is 6.04. The fourth-order valence-electron chi connectivity index (χ4n) is 3.14. The van der Waals surface area contributed by atoms with Gasteiger partial charge in [-0.15, -0.1) is 0 Å². The number of ether oxygens (including phenoxy) is 1. The van der Waals surface area contributed by atoms with E-state index in [0.29, 0.717) is 11.6 Å². The van der Waals surface area contributed by atoms with Gasteiger partial charge in [-0.1, -0.05) is 18.2 Å². The van der Waals surface area contributed by atoms with Crippen molar-refractivity contribution in [1.29, 1.82) is 0 Å². The maximum Gasteiger partial charge on any atom is 0.334 e. The zero-order valence-electron chi connectivity index (χ0n) is 14.7. The molecule has 0 saturated carbocycles. The second-order valence-electron chi connectivity index (χ2n) is 6.04. The number of carbonyl (C=O) groups is 1. The highest BCUT2D eigenvalue weighted by atomic mass is 16.5. The largest absolute Gasteiger partial charge is 0.467 e. The number of benzene rings is 1. The predicted molar refractivity (Wildman–Crippen MR) is 96.8 cm³/mol. The molecule has 0 radical (unpaired) electrons. The molecular formula is C18H18N6O2. The van der Waals surface area contributed by atoms with Crippen molar-refractivity contribution in [3.63, 3.8) is 0 Å². The van der Waals surface area contributed by atoms with Crippen LogP contribution in [0.2, 0.25) is 0 Å². The minimum Gasteiger partial charge on any atom is -0.467 e. The van der Waals surface area contributed by atoms with Crippen molar-refractivity contribution in [2.24, 2.45) is 7.05 Å². The van der Waals surface area contributed by atoms with E-state index in [4.69, 9.17) is 4.74 Å². The number of methoxy groups -OCH3 is 1. The summed E-state index contributed by atoms with van der Waals surface area (Å²) in [5.74, 6) is 0.692. The molecule has 3 heterocycles. The Morgan fingerprint density at radius 3 is 2.85 bits per heavy atom. The highest BCUT2D eigenvalue weighted by molar-refractivity contribution is 5.86. The van der Waals surface area contributed by atoms with Crippen LogP contribution < -0.4 is 5.32 Å². The normalized spacial score (nSPS) is 12.4. The molecule has 8 heteroatoms. The highest BCUT2D eigenvalue weighted by Crippen LogP contribution is 2.27. The first-order valence-corrected chi connectivity index (χ1v) is 8.14. The van der Waals surface area contributed by atoms with Gasteiger partial charge in [0.05, 0.1) is 12.8 Å². The second kappa shape index (κ2) is 6.14. The summed E-state index contributed by atoms with van der Waals surface area (Å²) in [6, 6.07) is 11.1. The molecule has 0 aliphatic carbocycles. The molecule has 0 aliphatic heterocycles. The standard InChI is InChI=1S/C18H18N6O2/c1-11-8-15(24-18(21-11)19-10-20-24)22-16(17(25)26-3)14-9-12-6-4-5-7-13(12)23(14)2/h4-10,16,22H,1-3H3. The average Bonchev–Trinajstić information content (AvgIpc) is 3.24. The molecule has 0 saturated heterocycles. The van der Waals surface area contributed by atoms with Crippen LogP contribution in [0.25, 0.3) is 16.7 Å². The number of hydrogen-bond donors (Lipinski definition) is 1. The number of hydrogen-bond acceptors (Lipinski definition) is 6. The Morgan fingerprint density at radius 1 is 1.27 bits per heavy atom. The van der Waals surface area contributed by atoms with E-state index in [1.54, 1.807) is 4.52 Å². The summed E-state index contributed by atoms with van der Waals surface area (Å²) >= 11 is 0. The Morgan fingerprint density at radius 2 is 2.08 bits per heavy atom. The van der Waals surface area contributed by atoms with Crippen LogP contribution in [-0.4, -0.2) is 37.2 Å². The number of carbonyl (C=O) groups excluding carboxylic acids is 1. The number of aryl methyl sites for hydroxylation is 2. The maximum atomic E-state index is 12.5. The van der Waals surface area contributed by atoms with Crippen LogP contribution in [0.3, 0.4) is 0 Å². The number of fused-ring (bicyclic) bond motifs is 2. The van der Waals surface area contributed by atoms with Crippen LogP contribution in [0.4, 0.5) is 5.82 Å². The molecular weight excluding hydrogens is 332 g/mol. The van der Waals surface area contributed by atoms with Gasteiger partial charge in [-0.2, -0.15) is 14.6 Å². The van der Waals surface area contributed by atoms with Gasteiger partial charge in [0.25, 0.3) is 5.78 Å². The van der Waals surface area contributed by atoms with Crippen molar-refractivity contribution in [2.45, 2.75) is 13.0 Å². The van der Waals surface area contributed by atoms with E-state index in [-0.39, 0.29) is 0 Å². The molecule has 4 aromatic rings. The summed E-state index contributed by atoms with van der Waals surface area (Å²) in [5.41, 5.74) is 2.60. The first kappa shape index (κ1) is 16.1. The van der Waals surface area contributed by atoms with E-state index < -0.39 is 12.0 Å². The summed E-state index contributed by atoms with van der Waals surface area (Å²) in [4.78, 5) is 21.0. The molecule has 8 nitrogen and oxygen atoms in total. The van der Waals surface area contributed by atoms with E-state index in [0.717, 1.165) is 22.3 Å². The zero-order chi connectivity index (χ0) is 18.3. The van der Waals surface area contributed by atoms with Crippen LogP contribution in [0.15, 0.2) is 42.7 Å². The minimum atomic E-state index is -0.702. The third kappa shape index (κ3) is 2.55. The number of anilines is 1. The van der Waals surface area contributed by atoms with Gasteiger partial charge in [0, 0.05) is 24.3 Å². The van der Waals surface area contributed by atoms with Gasteiger partial charge >= 0.3 is 5.97 Å². The lowest BCUT2D eigenvalue weighted by Gasteiger charge is -2.19. The van der Waals surface area contributed by atoms with Crippen LogP contribution in [0.1, 0.15) is 17.4 Å². The lowest BCUT2D eigenvalue weighted by atomic mass is 10.2. The van der Waals surface area contributed by atoms with Gasteiger partial charge in [0.2, 0.25) is 0 Å². The molecule has 132 valence electrons. The van der Waals surface area contributed by atoms with Crippen molar-refractivity contribution < 1.29 is 9.53 Å². The van der Waals surface area contributed by atoms with E-state index in [1.807, 2.05) is 54.9 Å². The first-order chi connectivity index (χ1) is 12.6. The quantitative estimate of drug-likeness (QED) is 0.568. The van der Waals surface area contributed by atoms with Gasteiger partial charge in [-0.25, -0.2) is 9.78 Å². The van der Waals surface area contributed by atoms with E-state index in [1.165, 1.54) is 13.4 Å². The molecule has 1 N–H and O–H groups in total. The maximum absolute atomic E-state index is 12.5. The van der Waals surface area contributed by atoms with Crippen molar-refractivity contribution >= 4 is 28.5 Å². The van der Waals surface area contributed by atoms with E-state index in [2.05, 4.69) is 20.4 Å². The Hall–Kier alpha value is -3.42. The lowest BCUT2D eigenvalue weighted by molar-refractivity contribution is -0.141. The van der Waals surface area contributed by atoms with Gasteiger partial charge in [0.15, 0.2) is 6.04 Å². The summed E-state index contributed by atoms with van der Waals surface area (Å²) in [5, 5.41) is 8.47. The smallest absolute Gasteiger partial charge is 0.334 e. The lowest BCUT2D eigenvalue weighted by Crippen LogP contribution is -2.25. The van der Waals surface area contributed by atoms with Crippen molar-refractivity contribution in [3.8, 4) is 0 Å². The molecule has 0 aliphatic rings. The number of nitrogens with one attached hydrogen (secondary N) is 1. The molecule has 0 amide bonds.